The van der Waals surface area contributed by atoms with E-state index in [1.165, 1.54) is 35.1 Å². The molecule has 0 aliphatic heterocycles. The number of fused-ring (bicyclic) bond motifs is 2. The van der Waals surface area contributed by atoms with Crippen molar-refractivity contribution >= 4 is 0 Å². The molecule has 1 saturated carbocycles. The van der Waals surface area contributed by atoms with Gasteiger partial charge in [0.25, 0.3) is 0 Å². The highest BCUT2D eigenvalue weighted by atomic mass is 16.3. The summed E-state index contributed by atoms with van der Waals surface area (Å²) >= 11 is 0. The highest BCUT2D eigenvalue weighted by Gasteiger charge is 2.19. The van der Waals surface area contributed by atoms with E-state index < -0.39 is 12.2 Å². The zero-order chi connectivity index (χ0) is 16.1. The lowest BCUT2D eigenvalue weighted by Gasteiger charge is -2.22. The van der Waals surface area contributed by atoms with Crippen LogP contribution in [0.1, 0.15) is 47.9 Å². The summed E-state index contributed by atoms with van der Waals surface area (Å²) in [5, 5.41) is 17.9. The van der Waals surface area contributed by atoms with Crippen molar-refractivity contribution in [2.45, 2.75) is 57.2 Å². The first-order chi connectivity index (χ1) is 11.2. The molecule has 0 bridgehead atoms. The Morgan fingerprint density at radius 2 is 1.00 bits per heavy atom. The number of rotatable bonds is 0. The Morgan fingerprint density at radius 3 is 1.39 bits per heavy atom. The maximum Gasteiger partial charge on any atom is 0.0799 e. The fourth-order valence-electron chi connectivity index (χ4n) is 3.51. The average Bonchev–Trinajstić information content (AvgIpc) is 2.77. The van der Waals surface area contributed by atoms with Crippen LogP contribution in [0.3, 0.4) is 0 Å². The van der Waals surface area contributed by atoms with Gasteiger partial charge >= 0.3 is 0 Å². The molecule has 2 aliphatic carbocycles. The zero-order valence-electron chi connectivity index (χ0n) is 13.6. The van der Waals surface area contributed by atoms with Crippen molar-refractivity contribution in [3.05, 3.63) is 70.8 Å². The van der Waals surface area contributed by atoms with Gasteiger partial charge in [0.2, 0.25) is 0 Å². The third-order valence-electron chi connectivity index (χ3n) is 4.98. The van der Waals surface area contributed by atoms with Crippen LogP contribution in [0.5, 0.6) is 0 Å². The minimum Gasteiger partial charge on any atom is -0.390 e. The number of aliphatic hydroxyl groups is 2. The van der Waals surface area contributed by atoms with Crippen molar-refractivity contribution in [3.63, 3.8) is 0 Å². The van der Waals surface area contributed by atoms with Gasteiger partial charge in [0.1, 0.15) is 0 Å². The summed E-state index contributed by atoms with van der Waals surface area (Å²) in [6.07, 6.45) is 6.29. The predicted molar refractivity (Wildman–Crippen MR) is 93.6 cm³/mol. The molecule has 0 unspecified atom stereocenters. The first-order valence-electron chi connectivity index (χ1n) is 8.74. The van der Waals surface area contributed by atoms with E-state index in [-0.39, 0.29) is 0 Å². The van der Waals surface area contributed by atoms with Crippen LogP contribution in [-0.2, 0) is 19.3 Å². The third-order valence-corrected chi connectivity index (χ3v) is 4.98. The molecule has 0 saturated heterocycles. The molecule has 2 heteroatoms. The number of hydrogen-bond donors (Lipinski definition) is 2. The van der Waals surface area contributed by atoms with Crippen molar-refractivity contribution in [1.29, 1.82) is 0 Å². The molecule has 0 radical (unpaired) electrons. The SMILES string of the molecule is O[C@@H]1CCCC[C@@H]1O.c1ccc2c(c1)CCc1ccccc1C2. The molecule has 122 valence electrons. The summed E-state index contributed by atoms with van der Waals surface area (Å²) in [6.45, 7) is 0. The van der Waals surface area contributed by atoms with E-state index in [0.29, 0.717) is 0 Å². The largest absolute Gasteiger partial charge is 0.390 e. The molecule has 2 atom stereocenters. The first-order valence-corrected chi connectivity index (χ1v) is 8.74. The predicted octanol–water partition coefficient (Wildman–Crippen LogP) is 3.66. The second kappa shape index (κ2) is 7.76. The van der Waals surface area contributed by atoms with E-state index in [4.69, 9.17) is 10.2 Å². The Kier molecular flexibility index (Phi) is 5.47. The topological polar surface area (TPSA) is 40.5 Å². The number of benzene rings is 2. The highest BCUT2D eigenvalue weighted by molar-refractivity contribution is 5.40. The van der Waals surface area contributed by atoms with Crippen LogP contribution < -0.4 is 0 Å². The highest BCUT2D eigenvalue weighted by Crippen LogP contribution is 2.23. The maximum atomic E-state index is 8.93. The van der Waals surface area contributed by atoms with Gasteiger partial charge in [-0.25, -0.2) is 0 Å². The molecule has 4 rings (SSSR count). The second-order valence-corrected chi connectivity index (χ2v) is 6.63. The Hall–Kier alpha value is -1.64. The molecule has 0 spiro atoms. The number of aryl methyl sites for hydroxylation is 2. The number of aliphatic hydroxyl groups excluding tert-OH is 2. The summed E-state index contributed by atoms with van der Waals surface area (Å²) in [7, 11) is 0. The fraction of sp³-hybridized carbons (Fsp3) is 0.429. The number of hydrogen-bond acceptors (Lipinski definition) is 2. The van der Waals surface area contributed by atoms with Crippen LogP contribution in [0, 0.1) is 0 Å². The Morgan fingerprint density at radius 1 is 0.609 bits per heavy atom. The lowest BCUT2D eigenvalue weighted by molar-refractivity contribution is -0.00865. The zero-order valence-corrected chi connectivity index (χ0v) is 13.6. The smallest absolute Gasteiger partial charge is 0.0799 e. The van der Waals surface area contributed by atoms with Crippen LogP contribution in [-0.4, -0.2) is 22.4 Å². The average molecular weight is 310 g/mol. The van der Waals surface area contributed by atoms with Crippen LogP contribution in [0.4, 0.5) is 0 Å². The summed E-state index contributed by atoms with van der Waals surface area (Å²) in [4.78, 5) is 0. The normalized spacial score (nSPS) is 22.9. The van der Waals surface area contributed by atoms with Gasteiger partial charge in [-0.15, -0.1) is 0 Å². The van der Waals surface area contributed by atoms with Crippen molar-refractivity contribution in [2.75, 3.05) is 0 Å². The molecule has 2 aliphatic rings. The van der Waals surface area contributed by atoms with E-state index in [1.807, 2.05) is 0 Å². The quantitative estimate of drug-likeness (QED) is 0.779. The monoisotopic (exact) mass is 310 g/mol. The Balaban J connectivity index is 0.000000166. The lowest BCUT2D eigenvalue weighted by atomic mass is 9.95. The summed E-state index contributed by atoms with van der Waals surface area (Å²) in [6, 6.07) is 17.6. The van der Waals surface area contributed by atoms with Gasteiger partial charge in [-0.2, -0.15) is 0 Å². The van der Waals surface area contributed by atoms with Gasteiger partial charge in [0.15, 0.2) is 0 Å². The Labute approximate surface area is 138 Å². The van der Waals surface area contributed by atoms with E-state index >= 15 is 0 Å². The standard InChI is InChI=1S/C15H14.C6H12O2/c1-3-7-14-11-15-8-4-2-6-13(15)10-9-12(14)5-1;7-5-3-1-2-4-6(5)8/h1-8H,9-11H2;5-8H,1-4H2/t;5-,6+. The molecule has 0 heterocycles. The third kappa shape index (κ3) is 4.21. The van der Waals surface area contributed by atoms with Gasteiger partial charge in [-0.1, -0.05) is 61.4 Å². The van der Waals surface area contributed by atoms with Gasteiger partial charge in [-0.05, 0) is 54.4 Å². The summed E-state index contributed by atoms with van der Waals surface area (Å²) < 4.78 is 0. The fourth-order valence-corrected chi connectivity index (χ4v) is 3.51. The van der Waals surface area contributed by atoms with Crippen LogP contribution >= 0.6 is 0 Å². The molecular weight excluding hydrogens is 284 g/mol. The van der Waals surface area contributed by atoms with E-state index in [1.54, 1.807) is 0 Å². The molecule has 2 aromatic rings. The van der Waals surface area contributed by atoms with Crippen LogP contribution in [0.2, 0.25) is 0 Å². The van der Waals surface area contributed by atoms with Crippen LogP contribution in [0.25, 0.3) is 0 Å². The molecule has 1 fully saturated rings. The molecule has 2 nitrogen and oxygen atoms in total. The molecule has 0 aromatic heterocycles. The van der Waals surface area contributed by atoms with Crippen LogP contribution in [0.15, 0.2) is 48.5 Å². The maximum absolute atomic E-state index is 8.93. The van der Waals surface area contributed by atoms with E-state index in [2.05, 4.69) is 48.5 Å². The van der Waals surface area contributed by atoms with E-state index in [0.717, 1.165) is 32.1 Å². The lowest BCUT2D eigenvalue weighted by Crippen LogP contribution is -2.28. The first kappa shape index (κ1) is 16.2. The van der Waals surface area contributed by atoms with Crippen molar-refractivity contribution in [3.8, 4) is 0 Å². The summed E-state index contributed by atoms with van der Waals surface area (Å²) in [5.74, 6) is 0. The molecule has 2 N–H and O–H groups in total. The molecule has 23 heavy (non-hydrogen) atoms. The van der Waals surface area contributed by atoms with Gasteiger partial charge in [0, 0.05) is 0 Å². The molecular formula is C21H26O2. The summed E-state index contributed by atoms with van der Waals surface area (Å²) in [5.41, 5.74) is 6.05. The minimum absolute atomic E-state index is 0.441. The Bertz CT molecular complexity index is 580. The van der Waals surface area contributed by atoms with Gasteiger partial charge in [0.05, 0.1) is 12.2 Å². The van der Waals surface area contributed by atoms with Crippen molar-refractivity contribution in [1.82, 2.24) is 0 Å². The minimum atomic E-state index is -0.441. The van der Waals surface area contributed by atoms with Crippen molar-refractivity contribution < 1.29 is 10.2 Å². The van der Waals surface area contributed by atoms with Gasteiger partial charge < -0.3 is 10.2 Å². The molecule has 0 amide bonds. The molecule has 2 aromatic carbocycles. The van der Waals surface area contributed by atoms with E-state index in [9.17, 15) is 0 Å². The second-order valence-electron chi connectivity index (χ2n) is 6.63. The van der Waals surface area contributed by atoms with Gasteiger partial charge in [-0.3, -0.25) is 0 Å². The van der Waals surface area contributed by atoms with Crippen molar-refractivity contribution in [2.24, 2.45) is 0 Å².